The van der Waals surface area contributed by atoms with Gasteiger partial charge in [0.1, 0.15) is 10.8 Å². The molecule has 0 unspecified atom stereocenters. The topological polar surface area (TPSA) is 85.0 Å². The van der Waals surface area contributed by atoms with Crippen molar-refractivity contribution < 1.29 is 4.92 Å². The summed E-state index contributed by atoms with van der Waals surface area (Å²) in [6.45, 7) is 3.00. The fourth-order valence-corrected chi connectivity index (χ4v) is 4.32. The number of non-ortho nitro benzene ring substituents is 1. The van der Waals surface area contributed by atoms with Crippen LogP contribution in [0.4, 0.5) is 11.5 Å². The maximum atomic E-state index is 10.9. The first-order valence-electron chi connectivity index (χ1n) is 9.44. The molecule has 3 heterocycles. The maximum absolute atomic E-state index is 10.9. The van der Waals surface area contributed by atoms with Crippen LogP contribution in [0.3, 0.4) is 0 Å². The average Bonchev–Trinajstić information content (AvgIpc) is 3.28. The maximum Gasteiger partial charge on any atom is 0.269 e. The number of anilines is 1. The molecule has 0 amide bonds. The Morgan fingerprint density at radius 1 is 1.25 bits per heavy atom. The highest BCUT2D eigenvalue weighted by molar-refractivity contribution is 7.09. The van der Waals surface area contributed by atoms with Gasteiger partial charge in [-0.25, -0.2) is 15.0 Å². The molecule has 1 aromatic carbocycles. The third-order valence-electron chi connectivity index (χ3n) is 5.00. The summed E-state index contributed by atoms with van der Waals surface area (Å²) < 4.78 is 0. The molecule has 4 rings (SSSR count). The van der Waals surface area contributed by atoms with Crippen LogP contribution in [0.1, 0.15) is 42.9 Å². The molecule has 0 N–H and O–H groups in total. The second-order valence-corrected chi connectivity index (χ2v) is 7.70. The van der Waals surface area contributed by atoms with Crippen LogP contribution in [-0.4, -0.2) is 26.4 Å². The molecule has 0 saturated carbocycles. The zero-order valence-electron chi connectivity index (χ0n) is 15.6. The van der Waals surface area contributed by atoms with E-state index in [1.54, 1.807) is 23.5 Å². The number of hydrogen-bond donors (Lipinski definition) is 0. The Morgan fingerprint density at radius 2 is 2.07 bits per heavy atom. The van der Waals surface area contributed by atoms with E-state index in [1.807, 2.05) is 11.6 Å². The van der Waals surface area contributed by atoms with Gasteiger partial charge in [0.25, 0.3) is 5.69 Å². The van der Waals surface area contributed by atoms with Crippen LogP contribution in [0.5, 0.6) is 0 Å². The second kappa shape index (κ2) is 8.02. The van der Waals surface area contributed by atoms with Crippen molar-refractivity contribution in [2.24, 2.45) is 0 Å². The summed E-state index contributed by atoms with van der Waals surface area (Å²) in [5.74, 6) is 1.51. The Kier molecular flexibility index (Phi) is 5.29. The number of nitro benzene ring substituents is 1. The summed E-state index contributed by atoms with van der Waals surface area (Å²) in [6.07, 6.45) is 6.02. The Bertz CT molecular complexity index is 959. The van der Waals surface area contributed by atoms with Crippen LogP contribution in [-0.2, 0) is 6.42 Å². The highest BCUT2D eigenvalue weighted by atomic mass is 32.1. The van der Waals surface area contributed by atoms with E-state index in [0.717, 1.165) is 47.9 Å². The molecule has 1 atom stereocenters. The van der Waals surface area contributed by atoms with Crippen molar-refractivity contribution in [3.63, 3.8) is 0 Å². The molecule has 0 spiro atoms. The molecular formula is C20H21N5O2S. The molecule has 0 radical (unpaired) electrons. The molecule has 1 aliphatic heterocycles. The molecule has 8 heteroatoms. The van der Waals surface area contributed by atoms with E-state index >= 15 is 0 Å². The van der Waals surface area contributed by atoms with E-state index in [9.17, 15) is 10.1 Å². The molecule has 1 fully saturated rings. The standard InChI is InChI=1S/C20H21N5O2S/c1-2-15-13-18(24-11-4-3-5-17(24)20-21-10-12-28-20)23-19(22-15)14-6-8-16(9-7-14)25(26)27/h6-10,12-13,17H,2-5,11H2,1H3/t17-/m0/s1. The van der Waals surface area contributed by atoms with Crippen molar-refractivity contribution in [2.75, 3.05) is 11.4 Å². The smallest absolute Gasteiger partial charge is 0.269 e. The van der Waals surface area contributed by atoms with E-state index < -0.39 is 4.92 Å². The first-order chi connectivity index (χ1) is 13.7. The summed E-state index contributed by atoms with van der Waals surface area (Å²) >= 11 is 1.68. The van der Waals surface area contributed by atoms with Gasteiger partial charge < -0.3 is 4.90 Å². The fourth-order valence-electron chi connectivity index (χ4n) is 3.53. The Balaban J connectivity index is 1.72. The zero-order chi connectivity index (χ0) is 19.5. The monoisotopic (exact) mass is 395 g/mol. The predicted molar refractivity (Wildman–Crippen MR) is 110 cm³/mol. The lowest BCUT2D eigenvalue weighted by atomic mass is 10.0. The molecule has 144 valence electrons. The Hall–Kier alpha value is -2.87. The van der Waals surface area contributed by atoms with E-state index in [0.29, 0.717) is 5.82 Å². The summed E-state index contributed by atoms with van der Waals surface area (Å²) in [6, 6.07) is 8.71. The summed E-state index contributed by atoms with van der Waals surface area (Å²) in [5, 5.41) is 14.1. The van der Waals surface area contributed by atoms with Gasteiger partial charge in [0.05, 0.1) is 11.0 Å². The molecule has 7 nitrogen and oxygen atoms in total. The van der Waals surface area contributed by atoms with E-state index in [1.165, 1.54) is 18.6 Å². The number of nitro groups is 1. The van der Waals surface area contributed by atoms with Gasteiger partial charge in [0.2, 0.25) is 0 Å². The SMILES string of the molecule is CCc1cc(N2CCCC[C@H]2c2nccs2)nc(-c2ccc([N+](=O)[O-])cc2)n1. The molecular weight excluding hydrogens is 374 g/mol. The molecule has 2 aromatic heterocycles. The van der Waals surface area contributed by atoms with Crippen molar-refractivity contribution >= 4 is 22.8 Å². The van der Waals surface area contributed by atoms with Gasteiger partial charge in [-0.15, -0.1) is 11.3 Å². The van der Waals surface area contributed by atoms with Gasteiger partial charge in [0.15, 0.2) is 5.82 Å². The van der Waals surface area contributed by atoms with Crippen molar-refractivity contribution in [3.8, 4) is 11.4 Å². The van der Waals surface area contributed by atoms with E-state index in [-0.39, 0.29) is 11.7 Å². The van der Waals surface area contributed by atoms with Crippen LogP contribution in [0.2, 0.25) is 0 Å². The van der Waals surface area contributed by atoms with Gasteiger partial charge in [0, 0.05) is 47.6 Å². The molecule has 1 aliphatic rings. The minimum atomic E-state index is -0.398. The van der Waals surface area contributed by atoms with Crippen LogP contribution in [0.15, 0.2) is 41.9 Å². The summed E-state index contributed by atoms with van der Waals surface area (Å²) in [7, 11) is 0. The fraction of sp³-hybridized carbons (Fsp3) is 0.350. The molecule has 0 aliphatic carbocycles. The number of hydrogen-bond acceptors (Lipinski definition) is 7. The van der Waals surface area contributed by atoms with Crippen molar-refractivity contribution in [1.29, 1.82) is 0 Å². The summed E-state index contributed by atoms with van der Waals surface area (Å²) in [5.41, 5.74) is 1.81. The average molecular weight is 395 g/mol. The van der Waals surface area contributed by atoms with Gasteiger partial charge in [-0.1, -0.05) is 6.92 Å². The molecule has 1 saturated heterocycles. The van der Waals surface area contributed by atoms with Crippen molar-refractivity contribution in [1.82, 2.24) is 15.0 Å². The number of aryl methyl sites for hydroxylation is 1. The number of nitrogens with zero attached hydrogens (tertiary/aromatic N) is 5. The minimum absolute atomic E-state index is 0.0653. The lowest BCUT2D eigenvalue weighted by Crippen LogP contribution is -2.34. The predicted octanol–water partition coefficient (Wildman–Crippen LogP) is 4.80. The lowest BCUT2D eigenvalue weighted by Gasteiger charge is -2.35. The number of aromatic nitrogens is 3. The third kappa shape index (κ3) is 3.73. The van der Waals surface area contributed by atoms with Gasteiger partial charge >= 0.3 is 0 Å². The Morgan fingerprint density at radius 3 is 2.75 bits per heavy atom. The highest BCUT2D eigenvalue weighted by Crippen LogP contribution is 2.36. The minimum Gasteiger partial charge on any atom is -0.347 e. The first kappa shape index (κ1) is 18.5. The third-order valence-corrected chi connectivity index (χ3v) is 5.87. The molecule has 3 aromatic rings. The lowest BCUT2D eigenvalue weighted by molar-refractivity contribution is -0.384. The van der Waals surface area contributed by atoms with Crippen molar-refractivity contribution in [2.45, 2.75) is 38.6 Å². The quantitative estimate of drug-likeness (QED) is 0.455. The highest BCUT2D eigenvalue weighted by Gasteiger charge is 2.27. The molecule has 28 heavy (non-hydrogen) atoms. The van der Waals surface area contributed by atoms with E-state index in [2.05, 4.69) is 27.9 Å². The van der Waals surface area contributed by atoms with Crippen LogP contribution in [0, 0.1) is 10.1 Å². The zero-order valence-corrected chi connectivity index (χ0v) is 16.4. The normalized spacial score (nSPS) is 16.9. The second-order valence-electron chi connectivity index (χ2n) is 6.77. The first-order valence-corrected chi connectivity index (χ1v) is 10.3. The summed E-state index contributed by atoms with van der Waals surface area (Å²) in [4.78, 5) is 26.9. The van der Waals surface area contributed by atoms with Crippen molar-refractivity contribution in [3.05, 3.63) is 62.7 Å². The van der Waals surface area contributed by atoms with Gasteiger partial charge in [-0.3, -0.25) is 10.1 Å². The number of rotatable bonds is 5. The number of benzene rings is 1. The van der Waals surface area contributed by atoms with Gasteiger partial charge in [-0.05, 0) is 37.8 Å². The Labute approximate surface area is 167 Å². The number of piperidine rings is 1. The van der Waals surface area contributed by atoms with E-state index in [4.69, 9.17) is 4.98 Å². The van der Waals surface area contributed by atoms with Crippen LogP contribution < -0.4 is 4.90 Å². The van der Waals surface area contributed by atoms with Crippen LogP contribution >= 0.6 is 11.3 Å². The van der Waals surface area contributed by atoms with Gasteiger partial charge in [-0.2, -0.15) is 0 Å². The molecule has 0 bridgehead atoms. The number of thiazole rings is 1. The van der Waals surface area contributed by atoms with Crippen LogP contribution in [0.25, 0.3) is 11.4 Å². The largest absolute Gasteiger partial charge is 0.347 e.